The molecule has 2 aliphatic heterocycles. The largest absolute Gasteiger partial charge is 0.370 e. The van der Waals surface area contributed by atoms with Gasteiger partial charge >= 0.3 is 0 Å². The molecule has 2 aromatic rings. The molecule has 2 fully saturated rings. The summed E-state index contributed by atoms with van der Waals surface area (Å²) in [6, 6.07) is 15.7. The van der Waals surface area contributed by atoms with Gasteiger partial charge in [-0.05, 0) is 54.3 Å². The zero-order chi connectivity index (χ0) is 25.2. The Morgan fingerprint density at radius 2 is 1.83 bits per heavy atom. The van der Waals surface area contributed by atoms with Crippen LogP contribution in [0.5, 0.6) is 0 Å². The average Bonchev–Trinajstić information content (AvgIpc) is 3.39. The maximum Gasteiger partial charge on any atom is 0.221 e. The van der Waals surface area contributed by atoms with Crippen LogP contribution in [0.1, 0.15) is 74.3 Å². The smallest absolute Gasteiger partial charge is 0.221 e. The number of primary amides is 1. The number of carbonyl (C=O) groups excluding carboxylic acids is 2. The standard InChI is InChI=1S/C29H39N5O2/c1-3-4-7-16-34-24-18-33(2)17-15-23(24)31-29(34)22-12-8-11-21-27(22)19-9-5-6-10-20(19)28(21)32-26(36)14-13-25(30)35/h5-6,8-12,23-24,28-29,31H,3-4,7,13-18H2,1-2H3,(H2,30,35)(H,32,36). The average molecular weight is 490 g/mol. The highest BCUT2D eigenvalue weighted by Gasteiger charge is 2.45. The number of unbranched alkanes of at least 4 members (excludes halogenated alkanes) is 2. The summed E-state index contributed by atoms with van der Waals surface area (Å²) in [6.45, 7) is 5.55. The Kier molecular flexibility index (Phi) is 7.42. The van der Waals surface area contributed by atoms with E-state index >= 15 is 0 Å². The summed E-state index contributed by atoms with van der Waals surface area (Å²) in [7, 11) is 2.23. The van der Waals surface area contributed by atoms with Crippen LogP contribution >= 0.6 is 0 Å². The Balaban J connectivity index is 1.50. The Labute approximate surface area is 214 Å². The maximum atomic E-state index is 12.7. The first-order valence-electron chi connectivity index (χ1n) is 13.5. The molecule has 0 aromatic heterocycles. The van der Waals surface area contributed by atoms with Gasteiger partial charge in [-0.2, -0.15) is 0 Å². The molecule has 0 radical (unpaired) electrons. The van der Waals surface area contributed by atoms with E-state index in [-0.39, 0.29) is 31.0 Å². The molecule has 7 heteroatoms. The van der Waals surface area contributed by atoms with E-state index in [2.05, 4.69) is 70.8 Å². The first kappa shape index (κ1) is 24.9. The third-order valence-corrected chi connectivity index (χ3v) is 8.11. The monoisotopic (exact) mass is 489 g/mol. The van der Waals surface area contributed by atoms with Crippen LogP contribution in [-0.2, 0) is 9.59 Å². The highest BCUT2D eigenvalue weighted by atomic mass is 16.2. The lowest BCUT2D eigenvalue weighted by molar-refractivity contribution is -0.125. The van der Waals surface area contributed by atoms with Crippen LogP contribution in [0.25, 0.3) is 11.1 Å². The second kappa shape index (κ2) is 10.7. The van der Waals surface area contributed by atoms with Gasteiger partial charge in [0.2, 0.25) is 11.8 Å². The van der Waals surface area contributed by atoms with E-state index in [4.69, 9.17) is 5.73 Å². The quantitative estimate of drug-likeness (QED) is 0.470. The van der Waals surface area contributed by atoms with Gasteiger partial charge < -0.3 is 16.0 Å². The van der Waals surface area contributed by atoms with E-state index < -0.39 is 5.91 Å². The number of carbonyl (C=O) groups is 2. The summed E-state index contributed by atoms with van der Waals surface area (Å²) in [6.07, 6.45) is 5.13. The number of benzene rings is 2. The number of fused-ring (bicyclic) bond motifs is 4. The van der Waals surface area contributed by atoms with Crippen LogP contribution in [0.4, 0.5) is 0 Å². The topological polar surface area (TPSA) is 90.7 Å². The molecule has 4 N–H and O–H groups in total. The van der Waals surface area contributed by atoms with Crippen molar-refractivity contribution in [1.82, 2.24) is 20.4 Å². The number of rotatable bonds is 9. The molecule has 0 spiro atoms. The molecule has 2 heterocycles. The van der Waals surface area contributed by atoms with Crippen molar-refractivity contribution in [2.24, 2.45) is 5.73 Å². The Bertz CT molecular complexity index is 1120. The summed E-state index contributed by atoms with van der Waals surface area (Å²) in [4.78, 5) is 29.1. The van der Waals surface area contributed by atoms with Crippen LogP contribution in [0, 0.1) is 0 Å². The van der Waals surface area contributed by atoms with Crippen molar-refractivity contribution in [2.75, 3.05) is 26.7 Å². The lowest BCUT2D eigenvalue weighted by Gasteiger charge is -2.37. The summed E-state index contributed by atoms with van der Waals surface area (Å²) in [5, 5.41) is 7.20. The molecule has 2 aromatic carbocycles. The first-order valence-corrected chi connectivity index (χ1v) is 13.5. The van der Waals surface area contributed by atoms with E-state index in [0.29, 0.717) is 12.1 Å². The van der Waals surface area contributed by atoms with Crippen molar-refractivity contribution in [3.05, 3.63) is 59.2 Å². The van der Waals surface area contributed by atoms with Crippen LogP contribution in [0.15, 0.2) is 42.5 Å². The molecular weight excluding hydrogens is 450 g/mol. The fourth-order valence-corrected chi connectivity index (χ4v) is 6.36. The molecule has 192 valence electrons. The Hall–Kier alpha value is -2.74. The van der Waals surface area contributed by atoms with E-state index in [1.165, 1.54) is 36.0 Å². The van der Waals surface area contributed by atoms with Gasteiger partial charge in [0, 0.05) is 38.0 Å². The molecule has 5 rings (SSSR count). The highest BCUT2D eigenvalue weighted by molar-refractivity contribution is 5.87. The van der Waals surface area contributed by atoms with Gasteiger partial charge in [0.1, 0.15) is 0 Å². The molecule has 1 aliphatic carbocycles. The number of likely N-dealkylation sites (tertiary alicyclic amines) is 1. The van der Waals surface area contributed by atoms with Gasteiger partial charge in [0.05, 0.1) is 12.2 Å². The van der Waals surface area contributed by atoms with E-state index in [1.807, 2.05) is 6.07 Å². The summed E-state index contributed by atoms with van der Waals surface area (Å²) in [5.41, 5.74) is 11.2. The van der Waals surface area contributed by atoms with Crippen molar-refractivity contribution in [3.8, 4) is 11.1 Å². The maximum absolute atomic E-state index is 12.7. The SMILES string of the molecule is CCCCCN1C(c2cccc3c2-c2ccccc2C3NC(=O)CCC(N)=O)NC2CCN(C)CC21. The Morgan fingerprint density at radius 1 is 1.06 bits per heavy atom. The first-order chi connectivity index (χ1) is 17.5. The predicted molar refractivity (Wildman–Crippen MR) is 142 cm³/mol. The van der Waals surface area contributed by atoms with E-state index in [0.717, 1.165) is 37.2 Å². The van der Waals surface area contributed by atoms with Crippen LogP contribution in [-0.4, -0.2) is 60.4 Å². The molecule has 2 saturated heterocycles. The predicted octanol–water partition coefficient (Wildman–Crippen LogP) is 3.30. The number of hydrogen-bond acceptors (Lipinski definition) is 5. The minimum atomic E-state index is -0.456. The zero-order valence-electron chi connectivity index (χ0n) is 21.5. The van der Waals surface area contributed by atoms with Crippen molar-refractivity contribution in [1.29, 1.82) is 0 Å². The van der Waals surface area contributed by atoms with Crippen LogP contribution < -0.4 is 16.4 Å². The molecule has 0 saturated carbocycles. The number of hydrogen-bond donors (Lipinski definition) is 3. The molecule has 4 atom stereocenters. The molecular formula is C29H39N5O2. The molecule has 0 bridgehead atoms. The van der Waals surface area contributed by atoms with Gasteiger partial charge in [-0.1, -0.05) is 62.2 Å². The van der Waals surface area contributed by atoms with Gasteiger partial charge in [-0.15, -0.1) is 0 Å². The number of nitrogens with two attached hydrogens (primary N) is 1. The molecule has 4 unspecified atom stereocenters. The zero-order valence-corrected chi connectivity index (χ0v) is 21.5. The van der Waals surface area contributed by atoms with Crippen molar-refractivity contribution >= 4 is 11.8 Å². The lowest BCUT2D eigenvalue weighted by Crippen LogP contribution is -2.50. The van der Waals surface area contributed by atoms with Gasteiger partial charge in [0.15, 0.2) is 0 Å². The summed E-state index contributed by atoms with van der Waals surface area (Å²) in [5.74, 6) is -0.608. The number of amides is 2. The van der Waals surface area contributed by atoms with Gasteiger partial charge in [-0.25, -0.2) is 0 Å². The minimum absolute atomic E-state index is 0.0586. The summed E-state index contributed by atoms with van der Waals surface area (Å²) < 4.78 is 0. The molecule has 7 nitrogen and oxygen atoms in total. The molecule has 3 aliphatic rings. The normalized spacial score (nSPS) is 25.3. The molecule has 36 heavy (non-hydrogen) atoms. The fourth-order valence-electron chi connectivity index (χ4n) is 6.36. The number of likely N-dealkylation sites (N-methyl/N-ethyl adjacent to an activating group) is 1. The van der Waals surface area contributed by atoms with Crippen molar-refractivity contribution in [3.63, 3.8) is 0 Å². The van der Waals surface area contributed by atoms with E-state index in [1.54, 1.807) is 0 Å². The highest BCUT2D eigenvalue weighted by Crippen LogP contribution is 2.48. The fraction of sp³-hybridized carbons (Fsp3) is 0.517. The van der Waals surface area contributed by atoms with Crippen molar-refractivity contribution in [2.45, 2.75) is 69.7 Å². The lowest BCUT2D eigenvalue weighted by atomic mass is 9.96. The van der Waals surface area contributed by atoms with Gasteiger partial charge in [-0.3, -0.25) is 19.8 Å². The van der Waals surface area contributed by atoms with Crippen LogP contribution in [0.3, 0.4) is 0 Å². The second-order valence-electron chi connectivity index (χ2n) is 10.6. The van der Waals surface area contributed by atoms with Gasteiger partial charge in [0.25, 0.3) is 0 Å². The van der Waals surface area contributed by atoms with E-state index in [9.17, 15) is 9.59 Å². The molecule has 2 amide bonds. The minimum Gasteiger partial charge on any atom is -0.370 e. The number of nitrogens with zero attached hydrogens (tertiary/aromatic N) is 2. The second-order valence-corrected chi connectivity index (χ2v) is 10.6. The Morgan fingerprint density at radius 3 is 2.64 bits per heavy atom. The number of piperidine rings is 1. The van der Waals surface area contributed by atoms with Crippen LogP contribution in [0.2, 0.25) is 0 Å². The number of nitrogens with one attached hydrogen (secondary N) is 2. The third kappa shape index (κ3) is 4.80. The summed E-state index contributed by atoms with van der Waals surface area (Å²) >= 11 is 0. The van der Waals surface area contributed by atoms with Crippen molar-refractivity contribution < 1.29 is 9.59 Å². The third-order valence-electron chi connectivity index (χ3n) is 8.11.